The molecule has 10 nitrogen and oxygen atoms in total. The van der Waals surface area contributed by atoms with E-state index in [9.17, 15) is 8.42 Å². The van der Waals surface area contributed by atoms with Crippen molar-refractivity contribution >= 4 is 20.9 Å². The van der Waals surface area contributed by atoms with E-state index in [1.54, 1.807) is 29.6 Å². The van der Waals surface area contributed by atoms with Gasteiger partial charge in [-0.3, -0.25) is 4.98 Å². The minimum Gasteiger partial charge on any atom is -0.385 e. The van der Waals surface area contributed by atoms with Crippen LogP contribution in [0.25, 0.3) is 22.2 Å². The molecule has 3 aromatic heterocycles. The molecular formula is C24H26N6O4S. The van der Waals surface area contributed by atoms with Gasteiger partial charge in [-0.05, 0) is 23.8 Å². The number of morpholine rings is 1. The fourth-order valence-corrected chi connectivity index (χ4v) is 4.68. The summed E-state index contributed by atoms with van der Waals surface area (Å²) in [4.78, 5) is 22.7. The molecule has 0 radical (unpaired) electrons. The van der Waals surface area contributed by atoms with Crippen LogP contribution in [-0.4, -0.2) is 70.3 Å². The summed E-state index contributed by atoms with van der Waals surface area (Å²) in [6.45, 7) is 2.51. The second-order valence-corrected chi connectivity index (χ2v) is 10.3. The van der Waals surface area contributed by atoms with Gasteiger partial charge in [-0.2, -0.15) is 9.29 Å². The Bertz CT molecular complexity index is 1400. The lowest BCUT2D eigenvalue weighted by Gasteiger charge is -2.26. The molecule has 1 fully saturated rings. The lowest BCUT2D eigenvalue weighted by atomic mass is 10.1. The van der Waals surface area contributed by atoms with Crippen LogP contribution in [0.4, 0.5) is 0 Å². The van der Waals surface area contributed by atoms with E-state index >= 15 is 0 Å². The van der Waals surface area contributed by atoms with Gasteiger partial charge in [0.2, 0.25) is 15.9 Å². The van der Waals surface area contributed by atoms with E-state index in [4.69, 9.17) is 14.6 Å². The minimum atomic E-state index is -3.55. The Labute approximate surface area is 203 Å². The Morgan fingerprint density at radius 1 is 1.11 bits per heavy atom. The zero-order valence-corrected chi connectivity index (χ0v) is 20.1. The van der Waals surface area contributed by atoms with Gasteiger partial charge in [-0.25, -0.2) is 13.4 Å². The van der Waals surface area contributed by atoms with Crippen LogP contribution in [0.5, 0.6) is 5.88 Å². The summed E-state index contributed by atoms with van der Waals surface area (Å²) in [5, 5.41) is 2.80. The number of pyridine rings is 1. The normalized spacial score (nSPS) is 15.0. The molecule has 35 heavy (non-hydrogen) atoms. The van der Waals surface area contributed by atoms with Gasteiger partial charge < -0.3 is 14.6 Å². The van der Waals surface area contributed by atoms with E-state index in [0.717, 1.165) is 22.0 Å². The molecule has 0 spiro atoms. The third-order valence-corrected chi connectivity index (χ3v) is 6.88. The molecule has 0 amide bonds. The lowest BCUT2D eigenvalue weighted by molar-refractivity contribution is -0.121. The highest BCUT2D eigenvalue weighted by molar-refractivity contribution is 7.88. The van der Waals surface area contributed by atoms with Gasteiger partial charge in [0.15, 0.2) is 0 Å². The predicted octanol–water partition coefficient (Wildman–Crippen LogP) is 2.61. The van der Waals surface area contributed by atoms with Gasteiger partial charge >= 0.3 is 0 Å². The topological polar surface area (TPSA) is 114 Å². The number of hydrogen-bond donors (Lipinski definition) is 1. The van der Waals surface area contributed by atoms with Crippen LogP contribution in [0.15, 0.2) is 61.1 Å². The largest absolute Gasteiger partial charge is 0.385 e. The highest BCUT2D eigenvalue weighted by Crippen LogP contribution is 2.29. The van der Waals surface area contributed by atoms with Crippen molar-refractivity contribution in [3.8, 4) is 17.1 Å². The average molecular weight is 495 g/mol. The van der Waals surface area contributed by atoms with Crippen molar-refractivity contribution in [2.24, 2.45) is 0 Å². The molecular weight excluding hydrogens is 468 g/mol. The molecule has 4 heterocycles. The Hall–Kier alpha value is -3.38. The summed E-state index contributed by atoms with van der Waals surface area (Å²) in [5.41, 5.74) is 3.30. The first kappa shape index (κ1) is 23.4. The third-order valence-electron chi connectivity index (χ3n) is 5.68. The molecule has 5 rings (SSSR count). The quantitative estimate of drug-likeness (QED) is 0.398. The first-order valence-corrected chi connectivity index (χ1v) is 13.1. The maximum atomic E-state index is 12.6. The summed E-state index contributed by atoms with van der Waals surface area (Å²) in [5.74, 6) is 0.696. The molecule has 1 aliphatic rings. The van der Waals surface area contributed by atoms with Crippen molar-refractivity contribution < 1.29 is 18.0 Å². The van der Waals surface area contributed by atoms with Gasteiger partial charge in [0.1, 0.15) is 5.82 Å². The van der Waals surface area contributed by atoms with Crippen LogP contribution in [0.1, 0.15) is 11.4 Å². The number of ether oxygens (including phenoxy) is 1. The first-order valence-electron chi connectivity index (χ1n) is 11.2. The number of sulfonamides is 1. The molecule has 0 unspecified atom stereocenters. The molecule has 4 aromatic rings. The van der Waals surface area contributed by atoms with Crippen molar-refractivity contribution in [2.75, 3.05) is 32.6 Å². The molecule has 11 heteroatoms. The monoisotopic (exact) mass is 494 g/mol. The van der Waals surface area contributed by atoms with Gasteiger partial charge in [-0.1, -0.05) is 18.2 Å². The summed E-state index contributed by atoms with van der Waals surface area (Å²) in [6, 6.07) is 13.3. The fraction of sp³-hybridized carbons (Fsp3) is 0.292. The Morgan fingerprint density at radius 3 is 2.74 bits per heavy atom. The van der Waals surface area contributed by atoms with E-state index in [1.165, 1.54) is 10.6 Å². The number of nitrogens with one attached hydrogen (secondary N) is 1. The zero-order chi connectivity index (χ0) is 24.3. The lowest BCUT2D eigenvalue weighted by Crippen LogP contribution is -2.39. The van der Waals surface area contributed by atoms with Crippen molar-refractivity contribution in [2.45, 2.75) is 13.1 Å². The summed E-state index contributed by atoms with van der Waals surface area (Å²) < 4.78 is 32.0. The Kier molecular flexibility index (Phi) is 6.73. The summed E-state index contributed by atoms with van der Waals surface area (Å²) in [7, 11) is -3.55. The smallest absolute Gasteiger partial charge is 0.242 e. The molecule has 0 bridgehead atoms. The Balaban J connectivity index is 1.52. The number of benzene rings is 1. The fourth-order valence-electron chi connectivity index (χ4n) is 3.95. The molecule has 1 saturated heterocycles. The summed E-state index contributed by atoms with van der Waals surface area (Å²) in [6.07, 6.45) is 6.35. The second-order valence-electron chi connectivity index (χ2n) is 8.28. The number of hydrogen-bond acceptors (Lipinski definition) is 8. The van der Waals surface area contributed by atoms with Crippen molar-refractivity contribution in [3.63, 3.8) is 0 Å². The van der Waals surface area contributed by atoms with E-state index < -0.39 is 10.0 Å². The average Bonchev–Trinajstić information content (AvgIpc) is 3.33. The number of nitrogens with zero attached hydrogens (tertiary/aromatic N) is 5. The Morgan fingerprint density at radius 2 is 1.97 bits per heavy atom. The molecule has 1 N–H and O–H groups in total. The number of fused-ring (bicyclic) bond motifs is 1. The highest BCUT2D eigenvalue weighted by Gasteiger charge is 2.22. The van der Waals surface area contributed by atoms with Crippen molar-refractivity contribution in [1.29, 1.82) is 0 Å². The van der Waals surface area contributed by atoms with Crippen LogP contribution in [0.3, 0.4) is 0 Å². The third kappa shape index (κ3) is 5.65. The standard InChI is InChI=1S/C24H26N6O4S/c1-35(31,32)30(16-18-4-3-8-25-15-18)17-23-27-22(19-5-2-6-21-20(19)7-9-26-21)14-24(28-23)34-29-10-12-33-13-11-29/h2-9,14-15,26H,10-13,16-17H2,1H3. The van der Waals surface area contributed by atoms with Crippen LogP contribution in [0.2, 0.25) is 0 Å². The number of aromatic amines is 1. The number of H-pyrrole nitrogens is 1. The molecule has 1 aliphatic heterocycles. The maximum absolute atomic E-state index is 12.6. The van der Waals surface area contributed by atoms with Crippen LogP contribution in [0, 0.1) is 0 Å². The predicted molar refractivity (Wildman–Crippen MR) is 131 cm³/mol. The van der Waals surface area contributed by atoms with Gasteiger partial charge in [-0.15, -0.1) is 5.06 Å². The van der Waals surface area contributed by atoms with Crippen molar-refractivity contribution in [3.05, 3.63) is 72.4 Å². The maximum Gasteiger partial charge on any atom is 0.242 e. The number of hydroxylamine groups is 2. The van der Waals surface area contributed by atoms with Gasteiger partial charge in [0.05, 0.1) is 44.8 Å². The van der Waals surface area contributed by atoms with Crippen LogP contribution < -0.4 is 4.84 Å². The van der Waals surface area contributed by atoms with E-state index in [1.807, 2.05) is 36.5 Å². The SMILES string of the molecule is CS(=O)(=O)N(Cc1cccnc1)Cc1nc(ON2CCOCC2)cc(-c2cccc3[nH]ccc23)n1. The summed E-state index contributed by atoms with van der Waals surface area (Å²) >= 11 is 0. The van der Waals surface area contributed by atoms with Crippen LogP contribution >= 0.6 is 0 Å². The van der Waals surface area contributed by atoms with Gasteiger partial charge in [0.25, 0.3) is 0 Å². The van der Waals surface area contributed by atoms with Crippen molar-refractivity contribution in [1.82, 2.24) is 29.3 Å². The first-order chi connectivity index (χ1) is 17.0. The molecule has 182 valence electrons. The minimum absolute atomic E-state index is 0.00977. The van der Waals surface area contributed by atoms with E-state index in [-0.39, 0.29) is 13.1 Å². The highest BCUT2D eigenvalue weighted by atomic mass is 32.2. The van der Waals surface area contributed by atoms with E-state index in [2.05, 4.69) is 15.0 Å². The van der Waals surface area contributed by atoms with E-state index in [0.29, 0.717) is 43.7 Å². The molecule has 1 aromatic carbocycles. The number of aromatic nitrogens is 4. The van der Waals surface area contributed by atoms with Crippen LogP contribution in [-0.2, 0) is 27.8 Å². The zero-order valence-electron chi connectivity index (χ0n) is 19.3. The van der Waals surface area contributed by atoms with Gasteiger partial charge in [0, 0.05) is 47.7 Å². The second kappa shape index (κ2) is 10.1. The number of rotatable bonds is 8. The molecule has 0 atom stereocenters. The molecule has 0 saturated carbocycles. The molecule has 0 aliphatic carbocycles.